The number of pyridine rings is 1. The summed E-state index contributed by atoms with van der Waals surface area (Å²) < 4.78 is 46.2. The fraction of sp³-hybridized carbons (Fsp3) is 0.508. The summed E-state index contributed by atoms with van der Waals surface area (Å²) in [6.07, 6.45) is 4.49. The maximum Gasteiger partial charge on any atom is 0.319 e. The Morgan fingerprint density at radius 1 is 0.964 bits per heavy atom. The number of carbonyl (C=O) groups excluding carboxylic acids is 2. The fourth-order valence-corrected chi connectivity index (χ4v) is 14.5. The summed E-state index contributed by atoms with van der Waals surface area (Å²) in [6, 6.07) is 18.4. The Hall–Kier alpha value is -6.91. The Morgan fingerprint density at radius 2 is 1.74 bits per heavy atom. The number of anilines is 2. The van der Waals surface area contributed by atoms with E-state index in [1.165, 1.54) is 4.90 Å². The number of fused-ring (bicyclic) bond motifs is 4. The molecule has 9 heterocycles. The van der Waals surface area contributed by atoms with Gasteiger partial charge < -0.3 is 44.8 Å². The number of aryl methyl sites for hydroxylation is 2. The number of thiazole rings is 1. The monoisotopic (exact) mass is 1170 g/mol. The number of aromatic nitrogens is 5. The third-order valence-corrected chi connectivity index (χ3v) is 19.1. The van der Waals surface area contributed by atoms with E-state index in [1.807, 2.05) is 88.7 Å². The van der Waals surface area contributed by atoms with Crippen molar-refractivity contribution in [2.24, 2.45) is 5.92 Å². The molecule has 0 radical (unpaired) electrons. The van der Waals surface area contributed by atoms with Gasteiger partial charge in [-0.1, -0.05) is 68.4 Å². The molecule has 7 aromatic rings. The number of hydrogen-bond donors (Lipinski definition) is 4. The number of halogens is 2. The van der Waals surface area contributed by atoms with Crippen molar-refractivity contribution in [1.29, 1.82) is 0 Å². The zero-order valence-corrected chi connectivity index (χ0v) is 49.5. The van der Waals surface area contributed by atoms with Crippen molar-refractivity contribution < 1.29 is 37.8 Å². The summed E-state index contributed by atoms with van der Waals surface area (Å²) >= 11 is 1.58. The van der Waals surface area contributed by atoms with Crippen molar-refractivity contribution in [3.8, 4) is 33.5 Å². The average molecular weight is 1170 g/mol. The van der Waals surface area contributed by atoms with Gasteiger partial charge in [-0.15, -0.1) is 11.3 Å². The number of amides is 2. The maximum absolute atomic E-state index is 17.2. The van der Waals surface area contributed by atoms with Crippen LogP contribution in [0.1, 0.15) is 101 Å². The molecule has 0 aliphatic carbocycles. The first-order chi connectivity index (χ1) is 40.5. The second kappa shape index (κ2) is 23.9. The van der Waals surface area contributed by atoms with E-state index in [0.29, 0.717) is 119 Å². The van der Waals surface area contributed by atoms with E-state index >= 15 is 8.78 Å². The fourth-order valence-electron chi connectivity index (χ4n) is 13.7. The van der Waals surface area contributed by atoms with Crippen molar-refractivity contribution in [2.45, 2.75) is 128 Å². The number of phenolic OH excluding ortho intramolecular Hbond substituents is 1. The molecule has 3 aromatic carbocycles. The van der Waals surface area contributed by atoms with Gasteiger partial charge in [-0.3, -0.25) is 24.4 Å². The normalized spacial score (nSPS) is 22.8. The van der Waals surface area contributed by atoms with Crippen LogP contribution in [-0.4, -0.2) is 170 Å². The summed E-state index contributed by atoms with van der Waals surface area (Å²) in [5, 5.41) is 35.0. The molecule has 4 N–H and O–H groups in total. The van der Waals surface area contributed by atoms with Crippen LogP contribution in [-0.2, 0) is 16.0 Å². The lowest BCUT2D eigenvalue weighted by molar-refractivity contribution is -0.141. The molecule has 7 atom stereocenters. The second-order valence-corrected chi connectivity index (χ2v) is 25.2. The van der Waals surface area contributed by atoms with Gasteiger partial charge in [0.2, 0.25) is 11.8 Å². The molecule has 5 aliphatic heterocycles. The summed E-state index contributed by atoms with van der Waals surface area (Å²) in [5.41, 5.74) is 5.11. The van der Waals surface area contributed by atoms with Crippen molar-refractivity contribution in [1.82, 2.24) is 50.4 Å². The minimum atomic E-state index is -1.38. The number of aliphatic hydroxyl groups is 1. The molecule has 0 spiro atoms. The molecule has 2 bridgehead atoms. The molecule has 5 fully saturated rings. The van der Waals surface area contributed by atoms with Crippen molar-refractivity contribution in [2.75, 3.05) is 81.9 Å². The number of aromatic hydroxyl groups is 1. The number of ether oxygens (including phenoxy) is 1. The van der Waals surface area contributed by atoms with Crippen LogP contribution >= 0.6 is 11.3 Å². The number of phenols is 1. The smallest absolute Gasteiger partial charge is 0.319 e. The van der Waals surface area contributed by atoms with Gasteiger partial charge in [0.1, 0.15) is 47.0 Å². The van der Waals surface area contributed by atoms with E-state index < -0.39 is 29.5 Å². The molecule has 5 saturated heterocycles. The Balaban J connectivity index is 0.652. The molecule has 444 valence electrons. The zero-order chi connectivity index (χ0) is 58.6. The number of alkyl halides is 1. The van der Waals surface area contributed by atoms with Gasteiger partial charge in [0.25, 0.3) is 0 Å². The van der Waals surface area contributed by atoms with Gasteiger partial charge in [-0.05, 0) is 98.4 Å². The molecular weight excluding hydrogens is 1090 g/mol. The van der Waals surface area contributed by atoms with E-state index in [9.17, 15) is 19.8 Å². The molecular formula is C63H76F2N12O6S. The predicted octanol–water partition coefficient (Wildman–Crippen LogP) is 8.59. The molecule has 21 heteroatoms. The van der Waals surface area contributed by atoms with Gasteiger partial charge in [0, 0.05) is 108 Å². The lowest BCUT2D eigenvalue weighted by Gasteiger charge is -2.44. The van der Waals surface area contributed by atoms with Gasteiger partial charge in [0.05, 0.1) is 33.6 Å². The summed E-state index contributed by atoms with van der Waals surface area (Å²) in [6.45, 7) is 17.3. The Kier molecular flexibility index (Phi) is 16.3. The summed E-state index contributed by atoms with van der Waals surface area (Å²) in [4.78, 5) is 58.4. The third kappa shape index (κ3) is 11.7. The molecule has 2 amide bonds. The summed E-state index contributed by atoms with van der Waals surface area (Å²) in [7, 11) is 0. The highest BCUT2D eigenvalue weighted by molar-refractivity contribution is 7.13. The second-order valence-electron chi connectivity index (χ2n) is 24.4. The van der Waals surface area contributed by atoms with Crippen LogP contribution in [0.25, 0.3) is 43.4 Å². The van der Waals surface area contributed by atoms with Gasteiger partial charge >= 0.3 is 6.01 Å². The highest BCUT2D eigenvalue weighted by Gasteiger charge is 2.45. The van der Waals surface area contributed by atoms with E-state index in [0.717, 1.165) is 50.9 Å². The Morgan fingerprint density at radius 3 is 2.45 bits per heavy atom. The SMILES string of the molecule is CCc1cccc2cc(O)cc(-c3ncc4c(N5CC6CCC(C5)N6)nc(OCCN5CCC(F)(CN6CCN(c7cc([C@@H](C(=O)N8C[C@H](O)C[C@H]8C(=O)N[C@@H](C)c8ccc(-c9scnc9C)cc8)C(C)C)on7)[C@H](C)C6)CC5)nc4c3F)c12. The maximum atomic E-state index is 17.2. The first-order valence-corrected chi connectivity index (χ1v) is 30.8. The standard InChI is InChI=1S/C63H76F2N12O6S/c1-7-40-9-8-10-43-25-46(78)26-48(54(40)43)56-55(64)57-49(29-66-56)59(75-31-44-15-16-45(32-75)69-44)71-62(70-57)82-24-23-73-19-17-63(65,18-20-73)34-74-21-22-76(37(4)30-74)52-28-51(83-72-52)53(36(2)3)61(81)77-33-47(79)27-50(77)60(80)68-38(5)41-11-13-42(14-12-41)58-39(6)67-35-84-58/h8-14,25-26,28-29,35-38,44-45,47,50,53,69,78-79H,7,15-24,27,30-34H2,1-6H3,(H,68,80)/t37-,38+,44?,45?,47-,50+,53+/m1/s1. The molecule has 18 nitrogen and oxygen atoms in total. The van der Waals surface area contributed by atoms with Gasteiger partial charge in [0.15, 0.2) is 17.4 Å². The number of piperazine rings is 2. The molecule has 5 aliphatic rings. The van der Waals surface area contributed by atoms with Crippen LogP contribution in [0.4, 0.5) is 20.4 Å². The van der Waals surface area contributed by atoms with Gasteiger partial charge in [-0.2, -0.15) is 9.97 Å². The largest absolute Gasteiger partial charge is 0.508 e. The number of β-amino-alcohol motifs (C(OH)–C–C–N with tert-alkyl or cyclic N) is 1. The lowest BCUT2D eigenvalue weighted by Crippen LogP contribution is -2.56. The molecule has 0 saturated carbocycles. The van der Waals surface area contributed by atoms with Crippen LogP contribution in [0.15, 0.2) is 76.9 Å². The van der Waals surface area contributed by atoms with E-state index in [4.69, 9.17) is 24.2 Å². The first kappa shape index (κ1) is 57.5. The number of nitrogens with zero attached hydrogens (tertiary/aromatic N) is 10. The minimum absolute atomic E-state index is 0.0201. The van der Waals surface area contributed by atoms with Crippen LogP contribution in [0.3, 0.4) is 0 Å². The number of piperidine rings is 1. The van der Waals surface area contributed by atoms with E-state index in [2.05, 4.69) is 47.3 Å². The van der Waals surface area contributed by atoms with Crippen molar-refractivity contribution in [3.63, 3.8) is 0 Å². The Bertz CT molecular complexity index is 3530. The number of likely N-dealkylation sites (tertiary alicyclic amines) is 2. The third-order valence-electron chi connectivity index (χ3n) is 18.1. The topological polar surface area (TPSA) is 202 Å². The van der Waals surface area contributed by atoms with Crippen LogP contribution < -0.4 is 25.2 Å². The molecule has 84 heavy (non-hydrogen) atoms. The number of aliphatic hydroxyl groups excluding tert-OH is 1. The summed E-state index contributed by atoms with van der Waals surface area (Å²) in [5.74, 6) is -0.581. The molecule has 2 unspecified atom stereocenters. The molecule has 4 aromatic heterocycles. The van der Waals surface area contributed by atoms with Crippen LogP contribution in [0.5, 0.6) is 11.8 Å². The van der Waals surface area contributed by atoms with Crippen molar-refractivity contribution >= 4 is 56.5 Å². The van der Waals surface area contributed by atoms with E-state index in [-0.39, 0.29) is 72.4 Å². The number of carbonyl (C=O) groups is 2. The minimum Gasteiger partial charge on any atom is -0.508 e. The molecule has 12 rings (SSSR count). The average Bonchev–Trinajstić information content (AvgIpc) is 1.55. The van der Waals surface area contributed by atoms with Crippen LogP contribution in [0, 0.1) is 18.7 Å². The number of benzene rings is 3. The lowest BCUT2D eigenvalue weighted by atomic mass is 9.91. The number of nitrogens with one attached hydrogen (secondary N) is 2. The highest BCUT2D eigenvalue weighted by atomic mass is 32.1. The van der Waals surface area contributed by atoms with Gasteiger partial charge in [-0.25, -0.2) is 13.8 Å². The van der Waals surface area contributed by atoms with Crippen molar-refractivity contribution in [3.05, 3.63) is 101 Å². The quantitative estimate of drug-likeness (QED) is 0.0675. The highest BCUT2D eigenvalue weighted by Crippen LogP contribution is 2.40. The first-order valence-electron chi connectivity index (χ1n) is 29.9. The number of rotatable bonds is 17. The number of hydrogen-bond acceptors (Lipinski definition) is 17. The Labute approximate surface area is 492 Å². The van der Waals surface area contributed by atoms with Crippen LogP contribution in [0.2, 0.25) is 0 Å². The van der Waals surface area contributed by atoms with E-state index in [1.54, 1.807) is 29.7 Å². The predicted molar refractivity (Wildman–Crippen MR) is 321 cm³/mol. The zero-order valence-electron chi connectivity index (χ0n) is 48.7.